The molecule has 0 aromatic carbocycles. The second kappa shape index (κ2) is 11.1. The van der Waals surface area contributed by atoms with Gasteiger partial charge in [0.15, 0.2) is 12.1 Å². The largest absolute Gasteiger partial charge is 0.444 e. The summed E-state index contributed by atoms with van der Waals surface area (Å²) in [6.07, 6.45) is -0.633. The highest BCUT2D eigenvalue weighted by Gasteiger charge is 2.41. The van der Waals surface area contributed by atoms with Crippen molar-refractivity contribution >= 4 is 47.5 Å². The third-order valence-corrected chi connectivity index (χ3v) is 7.34. The number of ether oxygens (including phenoxy) is 2. The van der Waals surface area contributed by atoms with E-state index >= 15 is 0 Å². The lowest BCUT2D eigenvalue weighted by Gasteiger charge is -2.42. The first-order valence-corrected chi connectivity index (χ1v) is 12.7. The van der Waals surface area contributed by atoms with Crippen molar-refractivity contribution < 1.29 is 38.2 Å². The monoisotopic (exact) mass is 527 g/mol. The Labute approximate surface area is 213 Å². The predicted molar refractivity (Wildman–Crippen MR) is 127 cm³/mol. The lowest BCUT2D eigenvalue weighted by molar-refractivity contribution is -0.166. The summed E-state index contributed by atoms with van der Waals surface area (Å²) < 4.78 is 10.6. The maximum atomic E-state index is 12.7. The highest BCUT2D eigenvalue weighted by atomic mass is 32.2. The van der Waals surface area contributed by atoms with Crippen LogP contribution in [0.15, 0.2) is 0 Å². The highest BCUT2D eigenvalue weighted by molar-refractivity contribution is 8.00. The molecule has 3 rings (SSSR count). The van der Waals surface area contributed by atoms with Gasteiger partial charge in [0.1, 0.15) is 5.60 Å². The Kier molecular flexibility index (Phi) is 8.62. The Morgan fingerprint density at radius 1 is 0.972 bits per heavy atom. The van der Waals surface area contributed by atoms with Crippen LogP contribution in [-0.4, -0.2) is 124 Å². The van der Waals surface area contributed by atoms with Gasteiger partial charge in [0.05, 0.1) is 26.2 Å². The van der Waals surface area contributed by atoms with Crippen LogP contribution >= 0.6 is 11.8 Å². The van der Waals surface area contributed by atoms with Gasteiger partial charge in [-0.1, -0.05) is 0 Å². The van der Waals surface area contributed by atoms with Crippen molar-refractivity contribution in [2.24, 2.45) is 0 Å². The van der Waals surface area contributed by atoms with Gasteiger partial charge in [-0.05, 0) is 34.6 Å². The van der Waals surface area contributed by atoms with Gasteiger partial charge in [-0.15, -0.1) is 11.8 Å². The fourth-order valence-electron chi connectivity index (χ4n) is 4.07. The molecule has 0 spiro atoms. The molecule has 0 aromatic rings. The minimum atomic E-state index is -0.920. The standard InChI is InChI=1S/C22H33N5O8S/c1-13(24-8-15(28)23-16(29)9-24)14(2)25-10-17(30)27(18(31)11-25)12-34-20(32)19-26(6-7-36-19)21(33)35-22(3,4)5/h13-14,19H,6-12H2,1-5H3,(H,23,28,29). The molecule has 1 N–H and O–H groups in total. The first-order valence-electron chi connectivity index (χ1n) is 11.7. The fraction of sp³-hybridized carbons (Fsp3) is 0.727. The minimum Gasteiger partial charge on any atom is -0.444 e. The van der Waals surface area contributed by atoms with Crippen LogP contribution in [0.1, 0.15) is 34.6 Å². The van der Waals surface area contributed by atoms with E-state index < -0.39 is 53.4 Å². The Hall–Kier alpha value is -2.71. The lowest BCUT2D eigenvalue weighted by Crippen LogP contribution is -2.62. The van der Waals surface area contributed by atoms with Crippen molar-refractivity contribution in [2.45, 2.75) is 57.7 Å². The third kappa shape index (κ3) is 6.73. The summed E-state index contributed by atoms with van der Waals surface area (Å²) in [5, 5.41) is 1.33. The number of nitrogens with zero attached hydrogens (tertiary/aromatic N) is 4. The van der Waals surface area contributed by atoms with Crippen molar-refractivity contribution in [3.63, 3.8) is 0 Å². The molecule has 3 aliphatic rings. The number of thioether (sulfide) groups is 1. The molecule has 5 amide bonds. The molecule has 3 unspecified atom stereocenters. The van der Waals surface area contributed by atoms with Gasteiger partial charge in [-0.3, -0.25) is 39.2 Å². The number of carbonyl (C=O) groups excluding carboxylic acids is 6. The van der Waals surface area contributed by atoms with Gasteiger partial charge in [-0.2, -0.15) is 0 Å². The molecule has 3 heterocycles. The first kappa shape index (κ1) is 27.9. The number of nitrogens with one attached hydrogen (secondary N) is 1. The zero-order chi connectivity index (χ0) is 26.8. The number of hydrogen-bond donors (Lipinski definition) is 1. The highest BCUT2D eigenvalue weighted by Crippen LogP contribution is 2.27. The molecule has 14 heteroatoms. The minimum absolute atomic E-state index is 0.0501. The molecule has 3 saturated heterocycles. The van der Waals surface area contributed by atoms with Gasteiger partial charge in [0.2, 0.25) is 23.6 Å². The molecule has 3 atom stereocenters. The van der Waals surface area contributed by atoms with E-state index in [9.17, 15) is 28.8 Å². The second-order valence-electron chi connectivity index (χ2n) is 9.97. The van der Waals surface area contributed by atoms with Crippen LogP contribution in [0.4, 0.5) is 4.79 Å². The van der Waals surface area contributed by atoms with E-state index in [1.807, 2.05) is 13.8 Å². The van der Waals surface area contributed by atoms with Crippen LogP contribution in [0.25, 0.3) is 0 Å². The summed E-state index contributed by atoms with van der Waals surface area (Å²) in [7, 11) is 0. The molecular formula is C22H33N5O8S. The number of carbonyl (C=O) groups is 6. The molecule has 3 fully saturated rings. The van der Waals surface area contributed by atoms with Crippen molar-refractivity contribution in [2.75, 3.05) is 45.2 Å². The molecule has 200 valence electrons. The lowest BCUT2D eigenvalue weighted by atomic mass is 10.1. The Morgan fingerprint density at radius 3 is 2.03 bits per heavy atom. The topological polar surface area (TPSA) is 146 Å². The molecule has 0 aliphatic carbocycles. The van der Waals surface area contributed by atoms with Gasteiger partial charge >= 0.3 is 12.1 Å². The van der Waals surface area contributed by atoms with Crippen molar-refractivity contribution in [3.05, 3.63) is 0 Å². The van der Waals surface area contributed by atoms with Gasteiger partial charge in [-0.25, -0.2) is 14.5 Å². The van der Waals surface area contributed by atoms with Crippen molar-refractivity contribution in [1.29, 1.82) is 0 Å². The van der Waals surface area contributed by atoms with Crippen LogP contribution < -0.4 is 5.32 Å². The maximum absolute atomic E-state index is 12.7. The van der Waals surface area contributed by atoms with Gasteiger partial charge in [0.25, 0.3) is 0 Å². The predicted octanol–water partition coefficient (Wildman–Crippen LogP) is -0.797. The molecule has 0 bridgehead atoms. The summed E-state index contributed by atoms with van der Waals surface area (Å²) in [6, 6.07) is -0.582. The van der Waals surface area contributed by atoms with Crippen LogP contribution in [0.5, 0.6) is 0 Å². The van der Waals surface area contributed by atoms with Crippen LogP contribution in [0.3, 0.4) is 0 Å². The number of hydrogen-bond acceptors (Lipinski definition) is 11. The summed E-state index contributed by atoms with van der Waals surface area (Å²) in [4.78, 5) is 79.5. The Bertz CT molecular complexity index is 904. The molecule has 13 nitrogen and oxygen atoms in total. The van der Waals surface area contributed by atoms with Crippen LogP contribution in [0.2, 0.25) is 0 Å². The van der Waals surface area contributed by atoms with Crippen LogP contribution in [-0.2, 0) is 33.4 Å². The van der Waals surface area contributed by atoms with E-state index in [0.717, 1.165) is 4.90 Å². The first-order chi connectivity index (χ1) is 16.8. The Balaban J connectivity index is 1.54. The van der Waals surface area contributed by atoms with E-state index in [-0.39, 0.29) is 38.3 Å². The fourth-order valence-corrected chi connectivity index (χ4v) is 5.18. The summed E-state index contributed by atoms with van der Waals surface area (Å²) >= 11 is 1.22. The number of rotatable bonds is 6. The van der Waals surface area contributed by atoms with E-state index in [4.69, 9.17) is 9.47 Å². The SMILES string of the molecule is CC(C(C)N1CC(=O)N(COC(=O)C2SCCN2C(=O)OC(C)(C)C)C(=O)C1)N1CC(=O)NC(=O)C1. The summed E-state index contributed by atoms with van der Waals surface area (Å²) in [6.45, 7) is 8.51. The second-order valence-corrected chi connectivity index (χ2v) is 11.2. The number of amides is 5. The quantitative estimate of drug-likeness (QED) is 0.342. The molecule has 0 aromatic heterocycles. The van der Waals surface area contributed by atoms with E-state index in [2.05, 4.69) is 5.32 Å². The average Bonchev–Trinajstić information content (AvgIpc) is 3.26. The zero-order valence-corrected chi connectivity index (χ0v) is 22.0. The van der Waals surface area contributed by atoms with E-state index in [1.165, 1.54) is 16.7 Å². The molecule has 0 saturated carbocycles. The van der Waals surface area contributed by atoms with E-state index in [1.54, 1.807) is 30.6 Å². The zero-order valence-electron chi connectivity index (χ0n) is 21.1. The number of piperazine rings is 2. The van der Waals surface area contributed by atoms with E-state index in [0.29, 0.717) is 12.3 Å². The number of esters is 1. The molecular weight excluding hydrogens is 494 g/mol. The smallest absolute Gasteiger partial charge is 0.411 e. The van der Waals surface area contributed by atoms with Crippen molar-refractivity contribution in [3.8, 4) is 0 Å². The Morgan fingerprint density at radius 2 is 1.50 bits per heavy atom. The maximum Gasteiger partial charge on any atom is 0.411 e. The molecule has 0 radical (unpaired) electrons. The van der Waals surface area contributed by atoms with Crippen molar-refractivity contribution in [1.82, 2.24) is 24.9 Å². The normalized spacial score (nSPS) is 24.0. The molecule has 36 heavy (non-hydrogen) atoms. The van der Waals surface area contributed by atoms with Gasteiger partial charge < -0.3 is 9.47 Å². The third-order valence-electron chi connectivity index (χ3n) is 6.16. The summed E-state index contributed by atoms with van der Waals surface area (Å²) in [5.41, 5.74) is -0.720. The average molecular weight is 528 g/mol. The van der Waals surface area contributed by atoms with Crippen LogP contribution in [0, 0.1) is 0 Å². The number of imide groups is 2. The van der Waals surface area contributed by atoms with Gasteiger partial charge in [0, 0.05) is 24.4 Å². The molecule has 3 aliphatic heterocycles. The summed E-state index contributed by atoms with van der Waals surface area (Å²) in [5.74, 6) is -2.07.